The molecule has 3 aromatic rings. The van der Waals surface area contributed by atoms with Crippen LogP contribution >= 0.6 is 23.4 Å². The Morgan fingerprint density at radius 1 is 1.21 bits per heavy atom. The minimum Gasteiger partial charge on any atom is -0.431 e. The molecule has 1 aliphatic heterocycles. The minimum absolute atomic E-state index is 0.159. The van der Waals surface area contributed by atoms with Gasteiger partial charge in [-0.3, -0.25) is 4.79 Å². The van der Waals surface area contributed by atoms with E-state index in [-0.39, 0.29) is 11.7 Å². The summed E-state index contributed by atoms with van der Waals surface area (Å²) in [5.74, 6) is -0.0670. The summed E-state index contributed by atoms with van der Waals surface area (Å²) in [6, 6.07) is 13.5. The fourth-order valence-electron chi connectivity index (χ4n) is 3.20. The zero-order chi connectivity index (χ0) is 20.1. The van der Waals surface area contributed by atoms with E-state index in [0.29, 0.717) is 21.3 Å². The molecule has 0 atom stereocenters. The van der Waals surface area contributed by atoms with Crippen LogP contribution in [0.5, 0.6) is 0 Å². The highest BCUT2D eigenvalue weighted by molar-refractivity contribution is 7.99. The summed E-state index contributed by atoms with van der Waals surface area (Å²) in [7, 11) is 0. The van der Waals surface area contributed by atoms with Crippen molar-refractivity contribution in [2.24, 2.45) is 5.10 Å². The van der Waals surface area contributed by atoms with Crippen molar-refractivity contribution in [1.82, 2.24) is 10.4 Å². The van der Waals surface area contributed by atoms with Gasteiger partial charge < -0.3 is 9.32 Å². The Bertz CT molecular complexity index is 1010. The Balaban J connectivity index is 1.25. The number of hydrazone groups is 1. The van der Waals surface area contributed by atoms with Crippen molar-refractivity contribution >= 4 is 52.3 Å². The van der Waals surface area contributed by atoms with Gasteiger partial charge in [0.1, 0.15) is 5.52 Å². The number of oxazole rings is 1. The fraction of sp³-hybridized carbons (Fsp3) is 0.286. The molecule has 0 aliphatic carbocycles. The molecule has 1 amide bonds. The number of nitrogens with one attached hydrogen (secondary N) is 1. The van der Waals surface area contributed by atoms with E-state index >= 15 is 0 Å². The van der Waals surface area contributed by atoms with Crippen molar-refractivity contribution in [1.29, 1.82) is 0 Å². The molecule has 2 aromatic carbocycles. The molecule has 6 nitrogen and oxygen atoms in total. The number of fused-ring (bicyclic) bond motifs is 1. The predicted octanol–water partition coefficient (Wildman–Crippen LogP) is 4.71. The average Bonchev–Trinajstić information content (AvgIpc) is 3.15. The summed E-state index contributed by atoms with van der Waals surface area (Å²) in [4.78, 5) is 18.7. The van der Waals surface area contributed by atoms with Gasteiger partial charge in [-0.25, -0.2) is 10.4 Å². The number of thioether (sulfide) groups is 1. The number of benzene rings is 2. The number of aromatic nitrogens is 1. The first kappa shape index (κ1) is 19.8. The standard InChI is InChI=1S/C21H21ClN4O2S/c22-16-6-9-19-18(12-16)24-21(28-19)29-14-20(27)25-23-13-15-4-7-17(8-5-15)26-10-2-1-3-11-26/h4-9,12-13H,1-3,10-11,14H2,(H,25,27)/b23-13+. The number of piperidine rings is 1. The van der Waals surface area contributed by atoms with Crippen molar-refractivity contribution in [3.63, 3.8) is 0 Å². The van der Waals surface area contributed by atoms with Crippen molar-refractivity contribution in [2.45, 2.75) is 24.5 Å². The summed E-state index contributed by atoms with van der Waals surface area (Å²) in [5.41, 5.74) is 6.02. The van der Waals surface area contributed by atoms with E-state index in [2.05, 4.69) is 32.5 Å². The van der Waals surface area contributed by atoms with Crippen LogP contribution in [0.25, 0.3) is 11.1 Å². The van der Waals surface area contributed by atoms with E-state index in [1.807, 2.05) is 12.1 Å². The summed E-state index contributed by atoms with van der Waals surface area (Å²) < 4.78 is 5.58. The van der Waals surface area contributed by atoms with Crippen LogP contribution in [0, 0.1) is 0 Å². The molecule has 4 rings (SSSR count). The van der Waals surface area contributed by atoms with Gasteiger partial charge in [0.2, 0.25) is 0 Å². The summed E-state index contributed by atoms with van der Waals surface area (Å²) in [6.07, 6.45) is 5.47. The van der Waals surface area contributed by atoms with Gasteiger partial charge in [-0.1, -0.05) is 35.5 Å². The lowest BCUT2D eigenvalue weighted by Gasteiger charge is -2.28. The van der Waals surface area contributed by atoms with Gasteiger partial charge in [0.05, 0.1) is 12.0 Å². The molecular formula is C21H21ClN4O2S. The molecule has 2 heterocycles. The highest BCUT2D eigenvalue weighted by Crippen LogP contribution is 2.25. The molecule has 8 heteroatoms. The van der Waals surface area contributed by atoms with Gasteiger partial charge in [-0.15, -0.1) is 0 Å². The second-order valence-electron chi connectivity index (χ2n) is 6.81. The fourth-order valence-corrected chi connectivity index (χ4v) is 4.00. The van der Waals surface area contributed by atoms with E-state index in [0.717, 1.165) is 18.7 Å². The lowest BCUT2D eigenvalue weighted by molar-refractivity contribution is -0.118. The van der Waals surface area contributed by atoms with Crippen LogP contribution in [-0.4, -0.2) is 35.9 Å². The van der Waals surface area contributed by atoms with Crippen molar-refractivity contribution < 1.29 is 9.21 Å². The van der Waals surface area contributed by atoms with Crippen LogP contribution < -0.4 is 10.3 Å². The summed E-state index contributed by atoms with van der Waals surface area (Å²) in [6.45, 7) is 2.24. The maximum atomic E-state index is 12.0. The van der Waals surface area contributed by atoms with Crippen LogP contribution in [0.2, 0.25) is 5.02 Å². The highest BCUT2D eigenvalue weighted by Gasteiger charge is 2.11. The van der Waals surface area contributed by atoms with E-state index in [1.165, 1.54) is 36.7 Å². The maximum Gasteiger partial charge on any atom is 0.257 e. The quantitative estimate of drug-likeness (QED) is 0.349. The number of halogens is 1. The van der Waals surface area contributed by atoms with E-state index in [1.54, 1.807) is 24.4 Å². The van der Waals surface area contributed by atoms with Gasteiger partial charge in [0.15, 0.2) is 5.58 Å². The molecule has 0 bridgehead atoms. The van der Waals surface area contributed by atoms with Gasteiger partial charge in [0, 0.05) is 23.8 Å². The molecule has 1 N–H and O–H groups in total. The van der Waals surface area contributed by atoms with Gasteiger partial charge >= 0.3 is 0 Å². The Labute approximate surface area is 178 Å². The minimum atomic E-state index is -0.225. The Kier molecular flexibility index (Phi) is 6.36. The number of carbonyl (C=O) groups is 1. The second kappa shape index (κ2) is 9.33. The largest absolute Gasteiger partial charge is 0.431 e. The van der Waals surface area contributed by atoms with Crippen LogP contribution in [0.1, 0.15) is 24.8 Å². The van der Waals surface area contributed by atoms with Crippen LogP contribution in [0.3, 0.4) is 0 Å². The van der Waals surface area contributed by atoms with E-state index in [9.17, 15) is 4.79 Å². The molecule has 0 spiro atoms. The Morgan fingerprint density at radius 3 is 2.79 bits per heavy atom. The third kappa shape index (κ3) is 5.31. The predicted molar refractivity (Wildman–Crippen MR) is 118 cm³/mol. The highest BCUT2D eigenvalue weighted by atomic mass is 35.5. The second-order valence-corrected chi connectivity index (χ2v) is 8.18. The van der Waals surface area contributed by atoms with E-state index < -0.39 is 0 Å². The smallest absolute Gasteiger partial charge is 0.257 e. The molecule has 0 saturated carbocycles. The molecule has 0 unspecified atom stereocenters. The molecule has 1 aromatic heterocycles. The number of anilines is 1. The summed E-state index contributed by atoms with van der Waals surface area (Å²) in [5, 5.41) is 5.05. The SMILES string of the molecule is O=C(CSc1nc2cc(Cl)ccc2o1)N/N=C/c1ccc(N2CCCCC2)cc1. The third-order valence-corrected chi connectivity index (χ3v) is 5.74. The molecule has 0 radical (unpaired) electrons. The first-order valence-electron chi connectivity index (χ1n) is 9.53. The number of carbonyl (C=O) groups excluding carboxylic acids is 1. The van der Waals surface area contributed by atoms with E-state index in [4.69, 9.17) is 16.0 Å². The average molecular weight is 429 g/mol. The zero-order valence-electron chi connectivity index (χ0n) is 15.8. The van der Waals surface area contributed by atoms with Crippen LogP contribution in [0.15, 0.2) is 57.2 Å². The number of hydrogen-bond donors (Lipinski definition) is 1. The lowest BCUT2D eigenvalue weighted by atomic mass is 10.1. The molecule has 1 fully saturated rings. The van der Waals surface area contributed by atoms with Crippen LogP contribution in [-0.2, 0) is 4.79 Å². The Morgan fingerprint density at radius 2 is 2.00 bits per heavy atom. The number of hydrogen-bond acceptors (Lipinski definition) is 6. The van der Waals surface area contributed by atoms with Crippen LogP contribution in [0.4, 0.5) is 5.69 Å². The third-order valence-electron chi connectivity index (χ3n) is 4.67. The topological polar surface area (TPSA) is 70.7 Å². The number of nitrogens with zero attached hydrogens (tertiary/aromatic N) is 3. The monoisotopic (exact) mass is 428 g/mol. The van der Waals surface area contributed by atoms with Gasteiger partial charge in [0.25, 0.3) is 11.1 Å². The maximum absolute atomic E-state index is 12.0. The normalized spacial score (nSPS) is 14.6. The Hall–Kier alpha value is -2.51. The molecule has 1 aliphatic rings. The van der Waals surface area contributed by atoms with Gasteiger partial charge in [-0.05, 0) is 55.2 Å². The number of rotatable bonds is 6. The molecule has 1 saturated heterocycles. The first-order chi connectivity index (χ1) is 14.2. The van der Waals surface area contributed by atoms with Crippen molar-refractivity contribution in [2.75, 3.05) is 23.7 Å². The van der Waals surface area contributed by atoms with Gasteiger partial charge in [-0.2, -0.15) is 5.10 Å². The lowest BCUT2D eigenvalue weighted by Crippen LogP contribution is -2.29. The zero-order valence-corrected chi connectivity index (χ0v) is 17.4. The van der Waals surface area contributed by atoms with Crippen molar-refractivity contribution in [3.8, 4) is 0 Å². The molecule has 29 heavy (non-hydrogen) atoms. The molecular weight excluding hydrogens is 408 g/mol. The van der Waals surface area contributed by atoms with Crippen molar-refractivity contribution in [3.05, 3.63) is 53.1 Å². The number of amides is 1. The summed E-state index contributed by atoms with van der Waals surface area (Å²) >= 11 is 7.15. The first-order valence-corrected chi connectivity index (χ1v) is 10.9. The molecule has 150 valence electrons.